The molecule has 0 saturated carbocycles. The molecule has 0 aliphatic rings. The summed E-state index contributed by atoms with van der Waals surface area (Å²) in [5, 5.41) is 3.19. The van der Waals surface area contributed by atoms with Crippen molar-refractivity contribution in [2.75, 3.05) is 13.1 Å². The summed E-state index contributed by atoms with van der Waals surface area (Å²) in [7, 11) is 0. The summed E-state index contributed by atoms with van der Waals surface area (Å²) in [6.07, 6.45) is 2.79. The number of hydrogen-bond donors (Lipinski definition) is 1. The van der Waals surface area contributed by atoms with Gasteiger partial charge in [0.15, 0.2) is 11.6 Å². The molecule has 1 rings (SSSR count). The molecular weight excluding hydrogens is 196 g/mol. The second-order valence-corrected chi connectivity index (χ2v) is 3.57. The highest BCUT2D eigenvalue weighted by molar-refractivity contribution is 5.19. The highest BCUT2D eigenvalue weighted by Gasteiger charge is 2.06. The maximum Gasteiger partial charge on any atom is 0.162 e. The third-order valence-corrected chi connectivity index (χ3v) is 2.31. The van der Waals surface area contributed by atoms with Gasteiger partial charge in [-0.15, -0.1) is 0 Å². The molecule has 0 saturated heterocycles. The molecule has 15 heavy (non-hydrogen) atoms. The summed E-state index contributed by atoms with van der Waals surface area (Å²) < 4.78 is 26.0. The molecule has 0 aliphatic heterocycles. The van der Waals surface area contributed by atoms with Crippen molar-refractivity contribution in [2.45, 2.75) is 26.2 Å². The molecule has 0 aliphatic carbocycles. The number of hydrogen-bond acceptors (Lipinski definition) is 1. The fraction of sp³-hybridized carbons (Fsp3) is 0.500. The topological polar surface area (TPSA) is 12.0 Å². The molecule has 0 atom stereocenters. The van der Waals surface area contributed by atoms with Gasteiger partial charge in [0.2, 0.25) is 0 Å². The lowest BCUT2D eigenvalue weighted by Gasteiger charge is -2.05. The Morgan fingerprint density at radius 2 is 2.00 bits per heavy atom. The van der Waals surface area contributed by atoms with Gasteiger partial charge in [-0.25, -0.2) is 8.78 Å². The Morgan fingerprint density at radius 1 is 1.20 bits per heavy atom. The zero-order chi connectivity index (χ0) is 11.1. The van der Waals surface area contributed by atoms with Crippen molar-refractivity contribution in [2.24, 2.45) is 0 Å². The van der Waals surface area contributed by atoms with Gasteiger partial charge in [0, 0.05) is 0 Å². The number of nitrogens with one attached hydrogen (secondary N) is 1. The smallest absolute Gasteiger partial charge is 0.162 e. The van der Waals surface area contributed by atoms with E-state index >= 15 is 0 Å². The van der Waals surface area contributed by atoms with Crippen LogP contribution in [0.2, 0.25) is 0 Å². The van der Waals surface area contributed by atoms with Crippen LogP contribution in [0.3, 0.4) is 0 Å². The molecule has 1 nitrogen and oxygen atoms in total. The van der Waals surface area contributed by atoms with E-state index in [4.69, 9.17) is 0 Å². The van der Waals surface area contributed by atoms with Crippen LogP contribution in [0.1, 0.15) is 25.3 Å². The van der Waals surface area contributed by atoms with Crippen molar-refractivity contribution in [1.82, 2.24) is 5.32 Å². The van der Waals surface area contributed by atoms with Crippen molar-refractivity contribution in [3.05, 3.63) is 35.4 Å². The summed E-state index contributed by atoms with van der Waals surface area (Å²) in [6.45, 7) is 3.75. The Labute approximate surface area is 89.5 Å². The van der Waals surface area contributed by atoms with Crippen molar-refractivity contribution < 1.29 is 8.78 Å². The van der Waals surface area contributed by atoms with Crippen LogP contribution in [0, 0.1) is 11.6 Å². The molecule has 1 aromatic rings. The van der Waals surface area contributed by atoms with E-state index < -0.39 is 11.6 Å². The van der Waals surface area contributed by atoms with Gasteiger partial charge in [0.1, 0.15) is 0 Å². The molecular formula is C12H17F2N. The molecule has 0 fully saturated rings. The number of benzene rings is 1. The predicted octanol–water partition coefficient (Wildman–Crippen LogP) is 2.90. The van der Waals surface area contributed by atoms with E-state index in [9.17, 15) is 8.78 Å². The fourth-order valence-corrected chi connectivity index (χ4v) is 1.39. The summed E-state index contributed by atoms with van der Waals surface area (Å²) in [5.74, 6) is -1.48. The standard InChI is InChI=1S/C12H17F2N/c1-2-3-8-15-9-7-10-5-4-6-11(13)12(10)14/h4-6,15H,2-3,7-9H2,1H3. The summed E-state index contributed by atoms with van der Waals surface area (Å²) >= 11 is 0. The largest absolute Gasteiger partial charge is 0.316 e. The van der Waals surface area contributed by atoms with E-state index in [2.05, 4.69) is 12.2 Å². The van der Waals surface area contributed by atoms with E-state index in [0.29, 0.717) is 18.5 Å². The number of halogens is 2. The quantitative estimate of drug-likeness (QED) is 0.716. The van der Waals surface area contributed by atoms with Crippen LogP contribution in [0.5, 0.6) is 0 Å². The molecule has 3 heteroatoms. The van der Waals surface area contributed by atoms with Crippen LogP contribution in [0.15, 0.2) is 18.2 Å². The number of unbranched alkanes of at least 4 members (excludes halogenated alkanes) is 1. The Hall–Kier alpha value is -0.960. The molecule has 1 N–H and O–H groups in total. The van der Waals surface area contributed by atoms with Crippen molar-refractivity contribution in [3.8, 4) is 0 Å². The minimum Gasteiger partial charge on any atom is -0.316 e. The maximum atomic E-state index is 13.2. The summed E-state index contributed by atoms with van der Waals surface area (Å²) in [4.78, 5) is 0. The molecule has 84 valence electrons. The average Bonchev–Trinajstić information content (AvgIpc) is 2.24. The monoisotopic (exact) mass is 213 g/mol. The van der Waals surface area contributed by atoms with Gasteiger partial charge in [0.25, 0.3) is 0 Å². The molecule has 0 spiro atoms. The third kappa shape index (κ3) is 3.96. The molecule has 0 heterocycles. The molecule has 0 aromatic heterocycles. The summed E-state index contributed by atoms with van der Waals surface area (Å²) in [6, 6.07) is 4.31. The van der Waals surface area contributed by atoms with Crippen LogP contribution in [0.25, 0.3) is 0 Å². The highest BCUT2D eigenvalue weighted by atomic mass is 19.2. The van der Waals surface area contributed by atoms with Crippen molar-refractivity contribution in [3.63, 3.8) is 0 Å². The lowest BCUT2D eigenvalue weighted by molar-refractivity contribution is 0.496. The first kappa shape index (κ1) is 12.1. The Kier molecular flexibility index (Phi) is 5.26. The van der Waals surface area contributed by atoms with Crippen LogP contribution < -0.4 is 5.32 Å². The third-order valence-electron chi connectivity index (χ3n) is 2.31. The molecule has 0 radical (unpaired) electrons. The Morgan fingerprint density at radius 3 is 2.73 bits per heavy atom. The van der Waals surface area contributed by atoms with E-state index in [1.807, 2.05) is 0 Å². The van der Waals surface area contributed by atoms with Gasteiger partial charge < -0.3 is 5.32 Å². The van der Waals surface area contributed by atoms with Crippen LogP contribution >= 0.6 is 0 Å². The van der Waals surface area contributed by atoms with Gasteiger partial charge in [-0.1, -0.05) is 25.5 Å². The molecule has 0 unspecified atom stereocenters. The first-order valence-electron chi connectivity index (χ1n) is 5.39. The fourth-order valence-electron chi connectivity index (χ4n) is 1.39. The van der Waals surface area contributed by atoms with Gasteiger partial charge in [0.05, 0.1) is 0 Å². The van der Waals surface area contributed by atoms with Crippen LogP contribution in [-0.4, -0.2) is 13.1 Å². The van der Waals surface area contributed by atoms with Crippen LogP contribution in [-0.2, 0) is 6.42 Å². The van der Waals surface area contributed by atoms with Gasteiger partial charge in [-0.3, -0.25) is 0 Å². The summed E-state index contributed by atoms with van der Waals surface area (Å²) in [5.41, 5.74) is 0.444. The van der Waals surface area contributed by atoms with Crippen molar-refractivity contribution >= 4 is 0 Å². The highest BCUT2D eigenvalue weighted by Crippen LogP contribution is 2.11. The second kappa shape index (κ2) is 6.51. The minimum absolute atomic E-state index is 0.444. The first-order chi connectivity index (χ1) is 7.25. The zero-order valence-electron chi connectivity index (χ0n) is 9.02. The zero-order valence-corrected chi connectivity index (χ0v) is 9.02. The van der Waals surface area contributed by atoms with Gasteiger partial charge in [-0.05, 0) is 37.6 Å². The normalized spacial score (nSPS) is 10.6. The van der Waals surface area contributed by atoms with E-state index in [1.165, 1.54) is 0 Å². The predicted molar refractivity (Wildman–Crippen MR) is 57.8 cm³/mol. The van der Waals surface area contributed by atoms with Crippen molar-refractivity contribution in [1.29, 1.82) is 0 Å². The maximum absolute atomic E-state index is 13.2. The Balaban J connectivity index is 2.34. The average molecular weight is 213 g/mol. The van der Waals surface area contributed by atoms with Crippen LogP contribution in [0.4, 0.5) is 8.78 Å². The first-order valence-corrected chi connectivity index (χ1v) is 5.39. The molecule has 0 amide bonds. The second-order valence-electron chi connectivity index (χ2n) is 3.57. The molecule has 1 aromatic carbocycles. The SMILES string of the molecule is CCCCNCCc1cccc(F)c1F. The van der Waals surface area contributed by atoms with Gasteiger partial charge in [-0.2, -0.15) is 0 Å². The van der Waals surface area contributed by atoms with Gasteiger partial charge >= 0.3 is 0 Å². The van der Waals surface area contributed by atoms with E-state index in [1.54, 1.807) is 12.1 Å². The molecule has 0 bridgehead atoms. The lowest BCUT2D eigenvalue weighted by atomic mass is 10.1. The lowest BCUT2D eigenvalue weighted by Crippen LogP contribution is -2.18. The number of rotatable bonds is 6. The van der Waals surface area contributed by atoms with E-state index in [0.717, 1.165) is 25.5 Å². The Bertz CT molecular complexity index is 300. The van der Waals surface area contributed by atoms with E-state index in [-0.39, 0.29) is 0 Å². The minimum atomic E-state index is -0.763.